The highest BCUT2D eigenvalue weighted by molar-refractivity contribution is 5.96. The van der Waals surface area contributed by atoms with Crippen molar-refractivity contribution in [3.8, 4) is 5.75 Å². The molecule has 0 bridgehead atoms. The van der Waals surface area contributed by atoms with E-state index in [2.05, 4.69) is 10.3 Å². The van der Waals surface area contributed by atoms with Gasteiger partial charge >= 0.3 is 0 Å². The smallest absolute Gasteiger partial charge is 0.163 e. The Balaban J connectivity index is 1.94. The zero-order valence-corrected chi connectivity index (χ0v) is 11.5. The average molecular weight is 275 g/mol. The number of aliphatic hydroxyl groups excluding tert-OH is 1. The fraction of sp³-hybridized carbons (Fsp3) is 0.357. The van der Waals surface area contributed by atoms with Gasteiger partial charge in [0, 0.05) is 0 Å². The second kappa shape index (κ2) is 6.29. The van der Waals surface area contributed by atoms with Gasteiger partial charge in [-0.3, -0.25) is 4.79 Å². The number of para-hydroxylation sites is 1. The monoisotopic (exact) mass is 275 g/mol. The fourth-order valence-electron chi connectivity index (χ4n) is 1.75. The Hall–Kier alpha value is -2.21. The van der Waals surface area contributed by atoms with Crippen LogP contribution in [0.5, 0.6) is 5.75 Å². The quantitative estimate of drug-likeness (QED) is 0.810. The number of rotatable bonds is 6. The highest BCUT2D eigenvalue weighted by atomic mass is 16.5. The van der Waals surface area contributed by atoms with E-state index in [0.717, 1.165) is 0 Å². The molecule has 2 aromatic rings. The van der Waals surface area contributed by atoms with E-state index in [0.29, 0.717) is 30.2 Å². The Bertz CT molecular complexity index is 593. The molecule has 6 nitrogen and oxygen atoms in total. The molecule has 1 unspecified atom stereocenters. The number of aromatic nitrogens is 3. The van der Waals surface area contributed by atoms with Gasteiger partial charge in [-0.1, -0.05) is 17.3 Å². The Morgan fingerprint density at radius 3 is 2.85 bits per heavy atom. The van der Waals surface area contributed by atoms with E-state index in [1.165, 1.54) is 6.92 Å². The summed E-state index contributed by atoms with van der Waals surface area (Å²) < 4.78 is 7.20. The van der Waals surface area contributed by atoms with Crippen molar-refractivity contribution in [2.75, 3.05) is 6.61 Å². The number of ketones is 1. The highest BCUT2D eigenvalue weighted by Gasteiger charge is 2.08. The van der Waals surface area contributed by atoms with Crippen LogP contribution in [0.25, 0.3) is 0 Å². The molecular weight excluding hydrogens is 258 g/mol. The van der Waals surface area contributed by atoms with Crippen LogP contribution in [0.3, 0.4) is 0 Å². The van der Waals surface area contributed by atoms with Gasteiger partial charge in [0.2, 0.25) is 0 Å². The first-order chi connectivity index (χ1) is 9.58. The lowest BCUT2D eigenvalue weighted by atomic mass is 10.1. The van der Waals surface area contributed by atoms with E-state index in [1.54, 1.807) is 36.0 Å². The second-order valence-electron chi connectivity index (χ2n) is 4.48. The summed E-state index contributed by atoms with van der Waals surface area (Å²) in [5, 5.41) is 17.1. The van der Waals surface area contributed by atoms with Gasteiger partial charge in [-0.05, 0) is 26.0 Å². The number of carbonyl (C=O) groups excluding carboxylic acids is 1. The summed E-state index contributed by atoms with van der Waals surface area (Å²) in [6.45, 7) is 4.00. The summed E-state index contributed by atoms with van der Waals surface area (Å²) in [6.07, 6.45) is 1.04. The lowest BCUT2D eigenvalue weighted by Gasteiger charge is -2.09. The van der Waals surface area contributed by atoms with E-state index in [4.69, 9.17) is 4.74 Å². The minimum absolute atomic E-state index is 0.0299. The Labute approximate surface area is 117 Å². The standard InChI is InChI=1S/C14H17N3O3/c1-10(18)12-5-3-4-6-14(12)20-8-7-17-9-13(11(2)19)15-16-17/h3-6,9,11,19H,7-8H2,1-2H3. The number of carbonyl (C=O) groups is 1. The van der Waals surface area contributed by atoms with Crippen LogP contribution in [0.4, 0.5) is 0 Å². The molecule has 0 fully saturated rings. The molecule has 0 radical (unpaired) electrons. The third kappa shape index (κ3) is 3.42. The lowest BCUT2D eigenvalue weighted by Crippen LogP contribution is -2.10. The number of benzene rings is 1. The zero-order chi connectivity index (χ0) is 14.5. The van der Waals surface area contributed by atoms with E-state index in [1.807, 2.05) is 6.07 Å². The fourth-order valence-corrected chi connectivity index (χ4v) is 1.75. The van der Waals surface area contributed by atoms with Crippen molar-refractivity contribution < 1.29 is 14.6 Å². The van der Waals surface area contributed by atoms with Gasteiger partial charge in [-0.25, -0.2) is 4.68 Å². The van der Waals surface area contributed by atoms with Gasteiger partial charge < -0.3 is 9.84 Å². The molecule has 0 saturated heterocycles. The molecule has 106 valence electrons. The molecular formula is C14H17N3O3. The minimum atomic E-state index is -0.636. The normalized spacial score (nSPS) is 12.2. The molecule has 0 aliphatic carbocycles. The third-order valence-corrected chi connectivity index (χ3v) is 2.83. The van der Waals surface area contributed by atoms with Gasteiger partial charge in [0.1, 0.15) is 18.1 Å². The summed E-state index contributed by atoms with van der Waals surface area (Å²) in [4.78, 5) is 11.4. The Kier molecular flexibility index (Phi) is 4.47. The molecule has 0 aliphatic rings. The van der Waals surface area contributed by atoms with Crippen molar-refractivity contribution in [3.05, 3.63) is 41.7 Å². The first kappa shape index (κ1) is 14.2. The van der Waals surface area contributed by atoms with Gasteiger partial charge in [0.05, 0.1) is 24.4 Å². The van der Waals surface area contributed by atoms with Crippen molar-refractivity contribution in [2.24, 2.45) is 0 Å². The SMILES string of the molecule is CC(=O)c1ccccc1OCCn1cc(C(C)O)nn1. The van der Waals surface area contributed by atoms with Crippen molar-refractivity contribution >= 4 is 5.78 Å². The Morgan fingerprint density at radius 1 is 1.45 bits per heavy atom. The third-order valence-electron chi connectivity index (χ3n) is 2.83. The highest BCUT2D eigenvalue weighted by Crippen LogP contribution is 2.18. The summed E-state index contributed by atoms with van der Waals surface area (Å²) in [5.74, 6) is 0.536. The van der Waals surface area contributed by atoms with Crippen molar-refractivity contribution in [1.29, 1.82) is 0 Å². The summed E-state index contributed by atoms with van der Waals surface area (Å²) in [7, 11) is 0. The largest absolute Gasteiger partial charge is 0.491 e. The van der Waals surface area contributed by atoms with E-state index in [9.17, 15) is 9.90 Å². The molecule has 1 heterocycles. The van der Waals surface area contributed by atoms with Crippen LogP contribution in [0.15, 0.2) is 30.5 Å². The molecule has 0 aliphatic heterocycles. The number of ether oxygens (including phenoxy) is 1. The molecule has 1 atom stereocenters. The summed E-state index contributed by atoms with van der Waals surface area (Å²) >= 11 is 0. The van der Waals surface area contributed by atoms with Gasteiger partial charge in [-0.2, -0.15) is 0 Å². The van der Waals surface area contributed by atoms with Crippen molar-refractivity contribution in [1.82, 2.24) is 15.0 Å². The number of hydrogen-bond acceptors (Lipinski definition) is 5. The van der Waals surface area contributed by atoms with Crippen LogP contribution in [-0.2, 0) is 6.54 Å². The Morgan fingerprint density at radius 2 is 2.20 bits per heavy atom. The number of Topliss-reactive ketones (excluding diaryl/α,β-unsaturated/α-hetero) is 1. The van der Waals surface area contributed by atoms with E-state index >= 15 is 0 Å². The van der Waals surface area contributed by atoms with Crippen LogP contribution in [0.1, 0.15) is 36.0 Å². The zero-order valence-electron chi connectivity index (χ0n) is 11.5. The van der Waals surface area contributed by atoms with Gasteiger partial charge in [0.25, 0.3) is 0 Å². The molecule has 0 saturated carbocycles. The average Bonchev–Trinajstić information content (AvgIpc) is 2.88. The minimum Gasteiger partial charge on any atom is -0.491 e. The summed E-state index contributed by atoms with van der Waals surface area (Å²) in [6, 6.07) is 7.12. The predicted molar refractivity (Wildman–Crippen MR) is 72.6 cm³/mol. The maximum atomic E-state index is 11.4. The maximum absolute atomic E-state index is 11.4. The predicted octanol–water partition coefficient (Wildman–Crippen LogP) is 1.61. The van der Waals surface area contributed by atoms with Crippen LogP contribution >= 0.6 is 0 Å². The van der Waals surface area contributed by atoms with Crippen LogP contribution in [-0.4, -0.2) is 32.5 Å². The lowest BCUT2D eigenvalue weighted by molar-refractivity contribution is 0.101. The topological polar surface area (TPSA) is 77.2 Å². The first-order valence-electron chi connectivity index (χ1n) is 6.39. The number of nitrogens with zero attached hydrogens (tertiary/aromatic N) is 3. The molecule has 2 rings (SSSR count). The van der Waals surface area contributed by atoms with Gasteiger partial charge in [-0.15, -0.1) is 5.10 Å². The molecule has 20 heavy (non-hydrogen) atoms. The van der Waals surface area contributed by atoms with Crippen molar-refractivity contribution in [2.45, 2.75) is 26.5 Å². The van der Waals surface area contributed by atoms with Crippen LogP contribution < -0.4 is 4.74 Å². The van der Waals surface area contributed by atoms with Crippen LogP contribution in [0, 0.1) is 0 Å². The molecule has 1 aromatic carbocycles. The van der Waals surface area contributed by atoms with Crippen molar-refractivity contribution in [3.63, 3.8) is 0 Å². The first-order valence-corrected chi connectivity index (χ1v) is 6.39. The molecule has 1 N–H and O–H groups in total. The second-order valence-corrected chi connectivity index (χ2v) is 4.48. The van der Waals surface area contributed by atoms with Gasteiger partial charge in [0.15, 0.2) is 5.78 Å². The maximum Gasteiger partial charge on any atom is 0.163 e. The molecule has 1 aromatic heterocycles. The van der Waals surface area contributed by atoms with E-state index in [-0.39, 0.29) is 5.78 Å². The molecule has 0 spiro atoms. The summed E-state index contributed by atoms with van der Waals surface area (Å²) in [5.41, 5.74) is 1.09. The van der Waals surface area contributed by atoms with Crippen LogP contribution in [0.2, 0.25) is 0 Å². The molecule has 6 heteroatoms. The molecule has 0 amide bonds. The number of hydrogen-bond donors (Lipinski definition) is 1. The number of aliphatic hydroxyl groups is 1. The van der Waals surface area contributed by atoms with E-state index < -0.39 is 6.10 Å².